The summed E-state index contributed by atoms with van der Waals surface area (Å²) in [5, 5.41) is 3.19. The number of nitrogens with one attached hydrogen (secondary N) is 1. The molecule has 0 saturated carbocycles. The monoisotopic (exact) mass is 278 g/mol. The van der Waals surface area contributed by atoms with Gasteiger partial charge in [-0.2, -0.15) is 0 Å². The number of pyridine rings is 1. The molecular weight excluding hydrogens is 248 g/mol. The van der Waals surface area contributed by atoms with Crippen LogP contribution in [-0.4, -0.2) is 18.6 Å². The van der Waals surface area contributed by atoms with Gasteiger partial charge in [0.1, 0.15) is 0 Å². The molecule has 1 rings (SSSR count). The van der Waals surface area contributed by atoms with Gasteiger partial charge in [0, 0.05) is 18.0 Å². The topological polar surface area (TPSA) is 34.1 Å². The Balaban J connectivity index is 2.86. The molecule has 1 aromatic rings. The molecule has 0 atom stereocenters. The van der Waals surface area contributed by atoms with Crippen LogP contribution >= 0.6 is 0 Å². The molecule has 0 spiro atoms. The van der Waals surface area contributed by atoms with E-state index in [1.165, 1.54) is 5.56 Å². The highest BCUT2D eigenvalue weighted by atomic mass is 16.5. The zero-order valence-corrected chi connectivity index (χ0v) is 14.1. The van der Waals surface area contributed by atoms with E-state index >= 15 is 0 Å². The van der Waals surface area contributed by atoms with Gasteiger partial charge in [-0.25, -0.2) is 4.98 Å². The molecule has 0 fully saturated rings. The van der Waals surface area contributed by atoms with Crippen LogP contribution < -0.4 is 10.1 Å². The lowest BCUT2D eigenvalue weighted by molar-refractivity contribution is 0.235. The van der Waals surface area contributed by atoms with E-state index in [1.54, 1.807) is 0 Å². The average molecular weight is 278 g/mol. The molecule has 0 aliphatic heterocycles. The predicted molar refractivity (Wildman–Crippen MR) is 85.3 cm³/mol. The van der Waals surface area contributed by atoms with Gasteiger partial charge in [0.2, 0.25) is 5.88 Å². The first kappa shape index (κ1) is 17.0. The minimum absolute atomic E-state index is 0.0336. The van der Waals surface area contributed by atoms with Crippen molar-refractivity contribution in [2.24, 2.45) is 5.41 Å². The standard InChI is InChI=1S/C17H30N2O/c1-16(2,3)8-9-20-15-11-13(12-18-7)10-14(19-15)17(4,5)6/h10-11,18H,8-9,12H2,1-7H3. The molecule has 0 amide bonds. The molecule has 0 aromatic carbocycles. The summed E-state index contributed by atoms with van der Waals surface area (Å²) in [5.41, 5.74) is 2.62. The van der Waals surface area contributed by atoms with E-state index in [0.29, 0.717) is 6.61 Å². The summed E-state index contributed by atoms with van der Waals surface area (Å²) in [6.45, 7) is 14.8. The summed E-state index contributed by atoms with van der Waals surface area (Å²) in [6.07, 6.45) is 1.02. The molecule has 0 bridgehead atoms. The number of nitrogens with zero attached hydrogens (tertiary/aromatic N) is 1. The first-order valence-corrected chi connectivity index (χ1v) is 7.41. The first-order chi connectivity index (χ1) is 9.12. The molecule has 20 heavy (non-hydrogen) atoms. The van der Waals surface area contributed by atoms with Crippen LogP contribution in [0.5, 0.6) is 5.88 Å². The van der Waals surface area contributed by atoms with Crippen LogP contribution in [0, 0.1) is 5.41 Å². The molecule has 1 N–H and O–H groups in total. The minimum atomic E-state index is 0.0336. The van der Waals surface area contributed by atoms with E-state index in [0.717, 1.165) is 24.5 Å². The Morgan fingerprint density at radius 3 is 2.25 bits per heavy atom. The second kappa shape index (κ2) is 6.57. The Morgan fingerprint density at radius 1 is 1.10 bits per heavy atom. The molecule has 114 valence electrons. The lowest BCUT2D eigenvalue weighted by Gasteiger charge is -2.21. The maximum absolute atomic E-state index is 5.87. The van der Waals surface area contributed by atoms with Crippen LogP contribution in [0.3, 0.4) is 0 Å². The molecule has 0 unspecified atom stereocenters. The normalized spacial score (nSPS) is 12.6. The van der Waals surface area contributed by atoms with Crippen molar-refractivity contribution < 1.29 is 4.74 Å². The van der Waals surface area contributed by atoms with Crippen molar-refractivity contribution in [1.29, 1.82) is 0 Å². The first-order valence-electron chi connectivity index (χ1n) is 7.41. The van der Waals surface area contributed by atoms with Crippen molar-refractivity contribution in [3.8, 4) is 5.88 Å². The highest BCUT2D eigenvalue weighted by Gasteiger charge is 2.18. The number of hydrogen-bond donors (Lipinski definition) is 1. The largest absolute Gasteiger partial charge is 0.478 e. The molecule has 1 heterocycles. The third-order valence-corrected chi connectivity index (χ3v) is 3.11. The maximum atomic E-state index is 5.87. The summed E-state index contributed by atoms with van der Waals surface area (Å²) in [5.74, 6) is 0.743. The van der Waals surface area contributed by atoms with E-state index in [4.69, 9.17) is 4.74 Å². The number of aromatic nitrogens is 1. The summed E-state index contributed by atoms with van der Waals surface area (Å²) >= 11 is 0. The van der Waals surface area contributed by atoms with Crippen LogP contribution in [0.2, 0.25) is 0 Å². The molecule has 0 aliphatic carbocycles. The van der Waals surface area contributed by atoms with Crippen LogP contribution in [0.1, 0.15) is 59.2 Å². The fourth-order valence-electron chi connectivity index (χ4n) is 1.79. The van der Waals surface area contributed by atoms with Gasteiger partial charge in [-0.15, -0.1) is 0 Å². The SMILES string of the molecule is CNCc1cc(OCCC(C)(C)C)nc(C(C)(C)C)c1. The second-order valence-electron chi connectivity index (χ2n) is 7.64. The van der Waals surface area contributed by atoms with Gasteiger partial charge < -0.3 is 10.1 Å². The van der Waals surface area contributed by atoms with Crippen molar-refractivity contribution in [1.82, 2.24) is 10.3 Å². The smallest absolute Gasteiger partial charge is 0.213 e. The Bertz CT molecular complexity index is 428. The lowest BCUT2D eigenvalue weighted by Crippen LogP contribution is -2.17. The summed E-state index contributed by atoms with van der Waals surface area (Å²) in [7, 11) is 1.96. The average Bonchev–Trinajstić information content (AvgIpc) is 2.26. The number of ether oxygens (including phenoxy) is 1. The summed E-state index contributed by atoms with van der Waals surface area (Å²) in [4.78, 5) is 4.66. The van der Waals surface area contributed by atoms with Crippen molar-refractivity contribution in [3.63, 3.8) is 0 Å². The Labute approximate surface area is 124 Å². The van der Waals surface area contributed by atoms with Crippen molar-refractivity contribution in [3.05, 3.63) is 23.4 Å². The fourth-order valence-corrected chi connectivity index (χ4v) is 1.79. The lowest BCUT2D eigenvalue weighted by atomic mass is 9.91. The Morgan fingerprint density at radius 2 is 1.75 bits per heavy atom. The zero-order valence-electron chi connectivity index (χ0n) is 14.1. The van der Waals surface area contributed by atoms with Gasteiger partial charge in [0.05, 0.1) is 12.3 Å². The zero-order chi connectivity index (χ0) is 15.4. The van der Waals surface area contributed by atoms with Crippen LogP contribution in [0.4, 0.5) is 0 Å². The maximum Gasteiger partial charge on any atom is 0.213 e. The number of hydrogen-bond acceptors (Lipinski definition) is 3. The molecule has 0 saturated heterocycles. The van der Waals surface area contributed by atoms with Gasteiger partial charge >= 0.3 is 0 Å². The highest BCUT2D eigenvalue weighted by molar-refractivity contribution is 5.28. The predicted octanol–water partition coefficient (Wildman–Crippen LogP) is 3.91. The second-order valence-corrected chi connectivity index (χ2v) is 7.64. The summed E-state index contributed by atoms with van der Waals surface area (Å²) in [6, 6.07) is 4.20. The van der Waals surface area contributed by atoms with E-state index in [1.807, 2.05) is 13.1 Å². The van der Waals surface area contributed by atoms with Crippen LogP contribution in [0.15, 0.2) is 12.1 Å². The summed E-state index contributed by atoms with van der Waals surface area (Å²) < 4.78 is 5.87. The molecule has 0 radical (unpaired) electrons. The molecule has 3 heteroatoms. The molecule has 3 nitrogen and oxygen atoms in total. The van der Waals surface area contributed by atoms with Crippen LogP contribution in [0.25, 0.3) is 0 Å². The van der Waals surface area contributed by atoms with Crippen molar-refractivity contribution in [2.45, 2.75) is 59.9 Å². The molecule has 1 aromatic heterocycles. The van der Waals surface area contributed by atoms with E-state index in [9.17, 15) is 0 Å². The highest BCUT2D eigenvalue weighted by Crippen LogP contribution is 2.25. The van der Waals surface area contributed by atoms with Crippen LogP contribution in [-0.2, 0) is 12.0 Å². The van der Waals surface area contributed by atoms with Gasteiger partial charge in [0.25, 0.3) is 0 Å². The Kier molecular flexibility index (Phi) is 5.58. The minimum Gasteiger partial charge on any atom is -0.478 e. The van der Waals surface area contributed by atoms with Crippen molar-refractivity contribution >= 4 is 0 Å². The Hall–Kier alpha value is -1.09. The third kappa shape index (κ3) is 5.91. The van der Waals surface area contributed by atoms with E-state index in [-0.39, 0.29) is 10.8 Å². The van der Waals surface area contributed by atoms with Crippen molar-refractivity contribution in [2.75, 3.05) is 13.7 Å². The third-order valence-electron chi connectivity index (χ3n) is 3.11. The van der Waals surface area contributed by atoms with Gasteiger partial charge in [-0.3, -0.25) is 0 Å². The number of rotatable bonds is 5. The van der Waals surface area contributed by atoms with Gasteiger partial charge in [0.15, 0.2) is 0 Å². The van der Waals surface area contributed by atoms with Gasteiger partial charge in [-0.05, 0) is 30.5 Å². The fraction of sp³-hybridized carbons (Fsp3) is 0.706. The van der Waals surface area contributed by atoms with E-state index < -0.39 is 0 Å². The van der Waals surface area contributed by atoms with E-state index in [2.05, 4.69) is 57.9 Å². The molecule has 0 aliphatic rings. The molecular formula is C17H30N2O. The van der Waals surface area contributed by atoms with Gasteiger partial charge in [-0.1, -0.05) is 41.5 Å². The quantitative estimate of drug-likeness (QED) is 0.886.